The minimum atomic E-state index is -4.81. The molecule has 3 N–H and O–H groups in total. The van der Waals surface area contributed by atoms with Crippen LogP contribution < -0.4 is 4.74 Å². The van der Waals surface area contributed by atoms with Crippen LogP contribution in [0, 0.1) is 13.8 Å². The third kappa shape index (κ3) is 8.48. The first-order valence-corrected chi connectivity index (χ1v) is 13.2. The molecular formula is C18H22N2O11S3. The maximum Gasteiger partial charge on any atom is 0.397 e. The number of hydrogen-bond donors (Lipinski definition) is 3. The van der Waals surface area contributed by atoms with Gasteiger partial charge in [-0.1, -0.05) is 6.07 Å². The molecule has 2 aromatic rings. The Bertz CT molecular complexity index is 1290. The normalized spacial score (nSPS) is 13.3. The SMILES string of the molecule is Cc1cc(C)c(OCCO)cc1N=Nc1ccc(S(=O)OCCOS(=O)(=O)O)cc1S(=O)(=O)O. The zero-order valence-electron chi connectivity index (χ0n) is 17.9. The second-order valence-electron chi connectivity index (χ2n) is 6.59. The molecular weight excluding hydrogens is 516 g/mol. The van der Waals surface area contributed by atoms with Crippen LogP contribution in [0.1, 0.15) is 11.1 Å². The largest absolute Gasteiger partial charge is 0.491 e. The zero-order valence-corrected chi connectivity index (χ0v) is 20.4. The molecule has 0 bridgehead atoms. The zero-order chi connectivity index (χ0) is 25.5. The van der Waals surface area contributed by atoms with Crippen LogP contribution in [0.2, 0.25) is 0 Å². The predicted molar refractivity (Wildman–Crippen MR) is 119 cm³/mol. The van der Waals surface area contributed by atoms with Gasteiger partial charge in [-0.2, -0.15) is 21.9 Å². The van der Waals surface area contributed by atoms with Crippen molar-refractivity contribution in [2.24, 2.45) is 10.2 Å². The molecule has 2 rings (SSSR count). The van der Waals surface area contributed by atoms with Crippen molar-refractivity contribution < 1.29 is 48.4 Å². The van der Waals surface area contributed by atoms with E-state index < -0.39 is 49.7 Å². The van der Waals surface area contributed by atoms with Crippen LogP contribution in [0.15, 0.2) is 50.4 Å². The van der Waals surface area contributed by atoms with Gasteiger partial charge in [-0.05, 0) is 43.2 Å². The van der Waals surface area contributed by atoms with E-state index in [-0.39, 0.29) is 23.8 Å². The van der Waals surface area contributed by atoms with E-state index in [0.29, 0.717) is 17.0 Å². The molecule has 0 aromatic heterocycles. The van der Waals surface area contributed by atoms with Gasteiger partial charge >= 0.3 is 10.4 Å². The lowest BCUT2D eigenvalue weighted by Gasteiger charge is -2.10. The van der Waals surface area contributed by atoms with Gasteiger partial charge in [0.1, 0.15) is 22.9 Å². The highest BCUT2D eigenvalue weighted by Crippen LogP contribution is 2.32. The summed E-state index contributed by atoms with van der Waals surface area (Å²) in [5.41, 5.74) is 1.58. The summed E-state index contributed by atoms with van der Waals surface area (Å²) < 4.78 is 89.2. The Kier molecular flexibility index (Phi) is 9.77. The molecule has 2 aromatic carbocycles. The van der Waals surface area contributed by atoms with Gasteiger partial charge in [-0.25, -0.2) is 8.39 Å². The fourth-order valence-corrected chi connectivity index (χ4v) is 4.30. The van der Waals surface area contributed by atoms with Crippen molar-refractivity contribution in [1.82, 2.24) is 0 Å². The summed E-state index contributed by atoms with van der Waals surface area (Å²) in [6, 6.07) is 6.54. The summed E-state index contributed by atoms with van der Waals surface area (Å²) in [7, 11) is -9.50. The van der Waals surface area contributed by atoms with Crippen molar-refractivity contribution in [3.05, 3.63) is 41.5 Å². The second kappa shape index (κ2) is 11.9. The quantitative estimate of drug-likeness (QED) is 0.203. The minimum absolute atomic E-state index is 0.0655. The first-order chi connectivity index (χ1) is 15.8. The van der Waals surface area contributed by atoms with Crippen LogP contribution in [0.5, 0.6) is 5.75 Å². The third-order valence-corrected chi connectivity index (χ3v) is 6.38. The van der Waals surface area contributed by atoms with E-state index >= 15 is 0 Å². The van der Waals surface area contributed by atoms with Crippen molar-refractivity contribution in [2.45, 2.75) is 23.6 Å². The summed E-state index contributed by atoms with van der Waals surface area (Å²) in [6.07, 6.45) is 0. The van der Waals surface area contributed by atoms with Crippen molar-refractivity contribution >= 4 is 43.0 Å². The van der Waals surface area contributed by atoms with Crippen molar-refractivity contribution in [3.8, 4) is 5.75 Å². The van der Waals surface area contributed by atoms with E-state index in [2.05, 4.69) is 14.4 Å². The first kappa shape index (κ1) is 27.9. The number of aliphatic hydroxyl groups excluding tert-OH is 1. The lowest BCUT2D eigenvalue weighted by atomic mass is 10.1. The van der Waals surface area contributed by atoms with Crippen LogP contribution in [0.4, 0.5) is 11.4 Å². The molecule has 0 aliphatic carbocycles. The van der Waals surface area contributed by atoms with Gasteiger partial charge in [0.15, 0.2) is 11.1 Å². The summed E-state index contributed by atoms with van der Waals surface area (Å²) in [5.74, 6) is 0.449. The number of hydrogen-bond acceptors (Lipinski definition) is 11. The fourth-order valence-electron chi connectivity index (χ4n) is 2.55. The van der Waals surface area contributed by atoms with Crippen LogP contribution in [0.25, 0.3) is 0 Å². The molecule has 0 fully saturated rings. The summed E-state index contributed by atoms with van der Waals surface area (Å²) in [6.45, 7) is 2.27. The molecule has 16 heteroatoms. The Morgan fingerprint density at radius 3 is 2.21 bits per heavy atom. The number of rotatable bonds is 12. The van der Waals surface area contributed by atoms with E-state index in [1.165, 1.54) is 6.07 Å². The molecule has 0 aliphatic rings. The Morgan fingerprint density at radius 2 is 1.59 bits per heavy atom. The Hall–Kier alpha value is -2.31. The Morgan fingerprint density at radius 1 is 0.912 bits per heavy atom. The van der Waals surface area contributed by atoms with Crippen LogP contribution in [-0.4, -0.2) is 61.7 Å². The average Bonchev–Trinajstić information content (AvgIpc) is 2.74. The van der Waals surface area contributed by atoms with Crippen molar-refractivity contribution in [2.75, 3.05) is 26.4 Å². The van der Waals surface area contributed by atoms with Crippen molar-refractivity contribution in [1.29, 1.82) is 0 Å². The fraction of sp³-hybridized carbons (Fsp3) is 0.333. The minimum Gasteiger partial charge on any atom is -0.491 e. The summed E-state index contributed by atoms with van der Waals surface area (Å²) in [4.78, 5) is -0.869. The van der Waals surface area contributed by atoms with Gasteiger partial charge in [0.25, 0.3) is 10.1 Å². The van der Waals surface area contributed by atoms with Gasteiger partial charge in [-0.15, -0.1) is 5.11 Å². The number of aryl methyl sites for hydroxylation is 2. The highest BCUT2D eigenvalue weighted by atomic mass is 32.3. The maximum absolute atomic E-state index is 12.2. The van der Waals surface area contributed by atoms with E-state index in [1.807, 2.05) is 0 Å². The Labute approximate surface area is 198 Å². The standard InChI is InChI=1S/C18H22N2O11S3/c1-12-9-13(2)17(29-6-5-21)11-16(12)20-19-15-4-3-14(10-18(15)33(23,24)25)32(22)30-7-8-31-34(26,27)28/h3-4,9-11,21H,5-8H2,1-2H3,(H,23,24,25)(H,26,27,28). The van der Waals surface area contributed by atoms with Gasteiger partial charge < -0.3 is 9.84 Å². The first-order valence-electron chi connectivity index (χ1n) is 9.37. The Balaban J connectivity index is 2.30. The number of aliphatic hydroxyl groups is 1. The van der Waals surface area contributed by atoms with E-state index in [1.54, 1.807) is 26.0 Å². The molecule has 0 saturated heterocycles. The molecule has 13 nitrogen and oxygen atoms in total. The second-order valence-corrected chi connectivity index (χ2v) is 10.2. The number of nitrogens with zero attached hydrogens (tertiary/aromatic N) is 2. The number of benzene rings is 2. The van der Waals surface area contributed by atoms with Gasteiger partial charge in [0.05, 0.1) is 30.4 Å². The molecule has 0 spiro atoms. The molecule has 0 aliphatic heterocycles. The van der Waals surface area contributed by atoms with E-state index in [0.717, 1.165) is 17.7 Å². The lowest BCUT2D eigenvalue weighted by Crippen LogP contribution is -2.11. The number of azo groups is 1. The lowest BCUT2D eigenvalue weighted by molar-refractivity contribution is 0.200. The monoisotopic (exact) mass is 538 g/mol. The average molecular weight is 539 g/mol. The van der Waals surface area contributed by atoms with Gasteiger partial charge in [-0.3, -0.25) is 13.3 Å². The van der Waals surface area contributed by atoms with Crippen LogP contribution >= 0.6 is 0 Å². The smallest absolute Gasteiger partial charge is 0.397 e. The molecule has 1 atom stereocenters. The van der Waals surface area contributed by atoms with Crippen LogP contribution in [0.3, 0.4) is 0 Å². The van der Waals surface area contributed by atoms with Gasteiger partial charge in [0, 0.05) is 6.07 Å². The third-order valence-electron chi connectivity index (χ3n) is 4.02. The number of ether oxygens (including phenoxy) is 1. The van der Waals surface area contributed by atoms with Crippen molar-refractivity contribution in [3.63, 3.8) is 0 Å². The maximum atomic E-state index is 12.2. The topological polar surface area (TPSA) is 198 Å². The van der Waals surface area contributed by atoms with Crippen LogP contribution in [-0.2, 0) is 40.0 Å². The van der Waals surface area contributed by atoms with E-state index in [9.17, 15) is 25.6 Å². The molecule has 0 radical (unpaired) electrons. The molecule has 188 valence electrons. The highest BCUT2D eigenvalue weighted by molar-refractivity contribution is 7.86. The van der Waals surface area contributed by atoms with E-state index in [4.69, 9.17) is 18.6 Å². The highest BCUT2D eigenvalue weighted by Gasteiger charge is 2.19. The summed E-state index contributed by atoms with van der Waals surface area (Å²) in [5, 5.41) is 16.8. The van der Waals surface area contributed by atoms with Gasteiger partial charge in [0.2, 0.25) is 0 Å². The molecule has 1 unspecified atom stereocenters. The predicted octanol–water partition coefficient (Wildman–Crippen LogP) is 2.20. The molecule has 34 heavy (non-hydrogen) atoms. The molecule has 0 amide bonds. The summed E-state index contributed by atoms with van der Waals surface area (Å²) >= 11 is -2.26. The molecule has 0 saturated carbocycles. The molecule has 0 heterocycles.